The van der Waals surface area contributed by atoms with Crippen molar-refractivity contribution in [2.45, 2.75) is 33.1 Å². The highest BCUT2D eigenvalue weighted by molar-refractivity contribution is 7.16. The Morgan fingerprint density at radius 2 is 1.90 bits per heavy atom. The molecule has 5 rings (SSSR count). The van der Waals surface area contributed by atoms with Gasteiger partial charge in [-0.25, -0.2) is 14.8 Å². The van der Waals surface area contributed by atoms with Crippen LogP contribution in [-0.4, -0.2) is 73.6 Å². The van der Waals surface area contributed by atoms with Crippen molar-refractivity contribution in [2.75, 3.05) is 56.7 Å². The predicted octanol–water partition coefficient (Wildman–Crippen LogP) is 5.27. The number of nitrogens with one attached hydrogen (secondary N) is 1. The third-order valence-corrected chi connectivity index (χ3v) is 7.88. The van der Waals surface area contributed by atoms with Gasteiger partial charge in [0.25, 0.3) is 0 Å². The summed E-state index contributed by atoms with van der Waals surface area (Å²) in [4.78, 5) is 26.5. The average Bonchev–Trinajstić information content (AvgIpc) is 3.29. The summed E-state index contributed by atoms with van der Waals surface area (Å²) in [6, 6.07) is 4.54. The van der Waals surface area contributed by atoms with Crippen LogP contribution < -0.4 is 19.7 Å². The van der Waals surface area contributed by atoms with E-state index in [-0.39, 0.29) is 24.0 Å². The largest absolute Gasteiger partial charge is 0.573 e. The smallest absolute Gasteiger partial charge is 0.484 e. The molecule has 40 heavy (non-hydrogen) atoms. The van der Waals surface area contributed by atoms with Crippen molar-refractivity contribution >= 4 is 34.6 Å². The lowest BCUT2D eigenvalue weighted by Gasteiger charge is -2.34. The molecule has 2 aromatic heterocycles. The molecule has 0 spiro atoms. The van der Waals surface area contributed by atoms with Crippen LogP contribution in [0.5, 0.6) is 10.8 Å². The first-order valence-corrected chi connectivity index (χ1v) is 13.9. The maximum absolute atomic E-state index is 13.2. The number of halogens is 3. The lowest BCUT2D eigenvalue weighted by Crippen LogP contribution is -2.44. The van der Waals surface area contributed by atoms with Gasteiger partial charge in [0, 0.05) is 38.1 Å². The maximum atomic E-state index is 13.2. The molecule has 3 heterocycles. The zero-order chi connectivity index (χ0) is 28.4. The molecule has 2 aliphatic rings. The number of aromatic nitrogens is 2. The number of carbonyl (C=O) groups is 1. The van der Waals surface area contributed by atoms with Crippen molar-refractivity contribution in [1.29, 1.82) is 0 Å². The van der Waals surface area contributed by atoms with E-state index in [1.54, 1.807) is 25.3 Å². The number of aryl methyl sites for hydroxylation is 1. The van der Waals surface area contributed by atoms with Crippen LogP contribution in [0, 0.1) is 0 Å². The number of fused-ring (bicyclic) bond motifs is 3. The summed E-state index contributed by atoms with van der Waals surface area (Å²) in [6.45, 7) is 7.41. The van der Waals surface area contributed by atoms with Gasteiger partial charge in [0.1, 0.15) is 4.88 Å². The summed E-state index contributed by atoms with van der Waals surface area (Å²) in [5.74, 6) is -0.705. The first-order valence-electron chi connectivity index (χ1n) is 13.1. The lowest BCUT2D eigenvalue weighted by atomic mass is 9.91. The van der Waals surface area contributed by atoms with Crippen LogP contribution >= 0.6 is 11.3 Å². The van der Waals surface area contributed by atoms with E-state index in [0.29, 0.717) is 40.6 Å². The minimum Gasteiger partial charge on any atom is -0.484 e. The molecular formula is C27H30F3N5O4S. The summed E-state index contributed by atoms with van der Waals surface area (Å²) in [5.41, 5.74) is 3.77. The van der Waals surface area contributed by atoms with Crippen LogP contribution in [0.4, 0.5) is 30.5 Å². The van der Waals surface area contributed by atoms with Gasteiger partial charge in [-0.2, -0.15) is 0 Å². The Morgan fingerprint density at radius 3 is 2.60 bits per heavy atom. The lowest BCUT2D eigenvalue weighted by molar-refractivity contribution is -0.274. The molecule has 0 radical (unpaired) electrons. The van der Waals surface area contributed by atoms with Crippen molar-refractivity contribution in [3.8, 4) is 22.1 Å². The van der Waals surface area contributed by atoms with Gasteiger partial charge in [0.15, 0.2) is 10.8 Å². The monoisotopic (exact) mass is 577 g/mol. The number of ether oxygens (including phenoxy) is 3. The SMILES string of the molecule is CCOC(=O)c1sc(OCC)c2c1CCc1cnc(Nc3cc(N4CCN(C)CC4)ccc3OC(F)(F)F)nc1-2. The van der Waals surface area contributed by atoms with Crippen molar-refractivity contribution in [3.05, 3.63) is 40.4 Å². The third-order valence-electron chi connectivity index (χ3n) is 6.76. The van der Waals surface area contributed by atoms with Crippen molar-refractivity contribution in [3.63, 3.8) is 0 Å². The van der Waals surface area contributed by atoms with E-state index in [0.717, 1.165) is 43.0 Å². The van der Waals surface area contributed by atoms with Gasteiger partial charge in [0.2, 0.25) is 5.95 Å². The highest BCUT2D eigenvalue weighted by Gasteiger charge is 2.33. The fourth-order valence-electron chi connectivity index (χ4n) is 4.85. The Balaban J connectivity index is 1.52. The van der Waals surface area contributed by atoms with E-state index in [1.807, 2.05) is 14.0 Å². The second-order valence-corrected chi connectivity index (χ2v) is 10.4. The van der Waals surface area contributed by atoms with Gasteiger partial charge in [-0.15, -0.1) is 13.2 Å². The molecule has 9 nitrogen and oxygen atoms in total. The Kier molecular flexibility index (Phi) is 8.04. The number of rotatable bonds is 8. The highest BCUT2D eigenvalue weighted by Crippen LogP contribution is 2.47. The zero-order valence-electron chi connectivity index (χ0n) is 22.4. The Labute approximate surface area is 233 Å². The minimum atomic E-state index is -4.87. The van der Waals surface area contributed by atoms with Crippen molar-refractivity contribution in [1.82, 2.24) is 14.9 Å². The molecule has 13 heteroatoms. The van der Waals surface area contributed by atoms with Gasteiger partial charge in [-0.1, -0.05) is 11.3 Å². The number of carbonyl (C=O) groups excluding carboxylic acids is 1. The van der Waals surface area contributed by atoms with Crippen molar-refractivity contribution < 1.29 is 32.2 Å². The van der Waals surface area contributed by atoms with E-state index in [4.69, 9.17) is 14.5 Å². The second-order valence-electron chi connectivity index (χ2n) is 9.44. The van der Waals surface area contributed by atoms with E-state index in [9.17, 15) is 18.0 Å². The number of nitrogens with zero attached hydrogens (tertiary/aromatic N) is 4. The number of esters is 1. The molecule has 0 bridgehead atoms. The Hall–Kier alpha value is -3.58. The van der Waals surface area contributed by atoms with Gasteiger partial charge >= 0.3 is 12.3 Å². The quantitative estimate of drug-likeness (QED) is 0.360. The van der Waals surface area contributed by atoms with Crippen molar-refractivity contribution in [2.24, 2.45) is 0 Å². The predicted molar refractivity (Wildman–Crippen MR) is 146 cm³/mol. The number of piperazine rings is 1. The molecule has 1 aromatic carbocycles. The summed E-state index contributed by atoms with van der Waals surface area (Å²) < 4.78 is 55.2. The van der Waals surface area contributed by atoms with Crippen LogP contribution in [0.2, 0.25) is 0 Å². The summed E-state index contributed by atoms with van der Waals surface area (Å²) >= 11 is 1.22. The summed E-state index contributed by atoms with van der Waals surface area (Å²) in [6.07, 6.45) is -2.03. The van der Waals surface area contributed by atoms with Gasteiger partial charge in [-0.05, 0) is 63.1 Å². The molecule has 1 saturated heterocycles. The number of anilines is 3. The number of likely N-dealkylation sites (N-methyl/N-ethyl adjacent to an activating group) is 1. The fraction of sp³-hybridized carbons (Fsp3) is 0.444. The zero-order valence-corrected chi connectivity index (χ0v) is 23.2. The minimum absolute atomic E-state index is 0.0901. The van der Waals surface area contributed by atoms with Crippen LogP contribution in [0.15, 0.2) is 24.4 Å². The number of hydrogen-bond acceptors (Lipinski definition) is 10. The Morgan fingerprint density at radius 1 is 1.12 bits per heavy atom. The van der Waals surface area contributed by atoms with E-state index in [1.165, 1.54) is 17.4 Å². The number of benzene rings is 1. The molecule has 0 saturated carbocycles. The maximum Gasteiger partial charge on any atom is 0.573 e. The van der Waals surface area contributed by atoms with Crippen LogP contribution in [0.1, 0.15) is 34.6 Å². The second kappa shape index (κ2) is 11.5. The molecule has 3 aromatic rings. The molecule has 214 valence electrons. The molecule has 1 aliphatic carbocycles. The normalized spacial score (nSPS) is 15.3. The fourth-order valence-corrected chi connectivity index (χ4v) is 6.01. The van der Waals surface area contributed by atoms with Crippen LogP contribution in [0.3, 0.4) is 0 Å². The topological polar surface area (TPSA) is 89.1 Å². The first-order chi connectivity index (χ1) is 19.2. The van der Waals surface area contributed by atoms with E-state index >= 15 is 0 Å². The molecule has 1 fully saturated rings. The average molecular weight is 578 g/mol. The first kappa shape index (κ1) is 28.0. The van der Waals surface area contributed by atoms with Gasteiger partial charge in [0.05, 0.1) is 30.2 Å². The number of hydrogen-bond donors (Lipinski definition) is 1. The summed E-state index contributed by atoms with van der Waals surface area (Å²) in [5, 5.41) is 3.50. The Bertz CT molecular complexity index is 1390. The van der Waals surface area contributed by atoms with Gasteiger partial charge in [-0.3, -0.25) is 0 Å². The molecule has 0 amide bonds. The van der Waals surface area contributed by atoms with E-state index in [2.05, 4.69) is 24.8 Å². The van der Waals surface area contributed by atoms with E-state index < -0.39 is 12.3 Å². The molecule has 1 aliphatic heterocycles. The molecule has 1 N–H and O–H groups in total. The molecule has 0 unspecified atom stereocenters. The third kappa shape index (κ3) is 5.94. The van der Waals surface area contributed by atoms with Crippen LogP contribution in [-0.2, 0) is 17.6 Å². The molecular weight excluding hydrogens is 547 g/mol. The number of thiophene rings is 1. The highest BCUT2D eigenvalue weighted by atomic mass is 32.1. The number of alkyl halides is 3. The standard InChI is InChI=1S/C27H30F3N5O4S/c1-4-37-24(36)23-18-8-6-16-15-31-26(33-22(16)21(18)25(40-23)38-5-2)32-19-14-17(35-12-10-34(3)11-13-35)7-9-20(19)39-27(28,29)30/h7,9,14-15H,4-6,8,10-13H2,1-3H3,(H,31,32,33). The molecule has 0 atom stereocenters. The van der Waals surface area contributed by atoms with Gasteiger partial charge < -0.3 is 29.3 Å². The summed E-state index contributed by atoms with van der Waals surface area (Å²) in [7, 11) is 2.03. The van der Waals surface area contributed by atoms with Crippen LogP contribution in [0.25, 0.3) is 11.3 Å².